The van der Waals surface area contributed by atoms with Crippen molar-refractivity contribution in [3.63, 3.8) is 0 Å². The Morgan fingerprint density at radius 2 is 1.63 bits per heavy atom. The van der Waals surface area contributed by atoms with Crippen molar-refractivity contribution in [1.29, 1.82) is 0 Å². The van der Waals surface area contributed by atoms with Crippen LogP contribution in [-0.4, -0.2) is 5.78 Å². The molecule has 1 aromatic carbocycles. The van der Waals surface area contributed by atoms with Gasteiger partial charge < -0.3 is 0 Å². The SMILES string of the molecule is O=C1C=C(Cc2ccc(C(F)(F)F)cc2)CCCC1. The maximum atomic E-state index is 12.4. The molecule has 1 aliphatic rings. The molecule has 1 nitrogen and oxygen atoms in total. The van der Waals surface area contributed by atoms with Crippen molar-refractivity contribution in [2.45, 2.75) is 38.3 Å². The van der Waals surface area contributed by atoms with Gasteiger partial charge in [0.1, 0.15) is 0 Å². The highest BCUT2D eigenvalue weighted by Gasteiger charge is 2.29. The zero-order valence-electron chi connectivity index (χ0n) is 10.5. The maximum Gasteiger partial charge on any atom is 0.416 e. The van der Waals surface area contributed by atoms with Crippen molar-refractivity contribution in [2.75, 3.05) is 0 Å². The van der Waals surface area contributed by atoms with Crippen LogP contribution in [0.15, 0.2) is 35.9 Å². The Hall–Kier alpha value is -1.58. The van der Waals surface area contributed by atoms with Gasteiger partial charge >= 0.3 is 6.18 Å². The van der Waals surface area contributed by atoms with Gasteiger partial charge in [-0.3, -0.25) is 4.79 Å². The fourth-order valence-corrected chi connectivity index (χ4v) is 2.24. The molecule has 102 valence electrons. The quantitative estimate of drug-likeness (QED) is 0.780. The minimum absolute atomic E-state index is 0.124. The van der Waals surface area contributed by atoms with Gasteiger partial charge in [-0.2, -0.15) is 13.2 Å². The van der Waals surface area contributed by atoms with E-state index in [-0.39, 0.29) is 5.78 Å². The summed E-state index contributed by atoms with van der Waals surface area (Å²) in [5.74, 6) is 0.124. The summed E-state index contributed by atoms with van der Waals surface area (Å²) in [5.41, 5.74) is 1.19. The van der Waals surface area contributed by atoms with Gasteiger partial charge in [0.2, 0.25) is 0 Å². The normalized spacial score (nSPS) is 17.0. The zero-order valence-corrected chi connectivity index (χ0v) is 10.5. The smallest absolute Gasteiger partial charge is 0.295 e. The van der Waals surface area contributed by atoms with Gasteiger partial charge in [0.25, 0.3) is 0 Å². The first-order valence-corrected chi connectivity index (χ1v) is 6.33. The van der Waals surface area contributed by atoms with Gasteiger partial charge in [-0.1, -0.05) is 17.7 Å². The van der Waals surface area contributed by atoms with Crippen molar-refractivity contribution in [3.8, 4) is 0 Å². The number of carbonyl (C=O) groups is 1. The van der Waals surface area contributed by atoms with Crippen molar-refractivity contribution >= 4 is 5.78 Å². The second-order valence-electron chi connectivity index (χ2n) is 4.85. The molecule has 0 unspecified atom stereocenters. The van der Waals surface area contributed by atoms with E-state index in [2.05, 4.69) is 0 Å². The highest BCUT2D eigenvalue weighted by atomic mass is 19.4. The number of carbonyl (C=O) groups excluding carboxylic acids is 1. The molecule has 0 amide bonds. The summed E-state index contributed by atoms with van der Waals surface area (Å²) in [6.07, 6.45) is 1.22. The topological polar surface area (TPSA) is 17.1 Å². The van der Waals surface area contributed by atoms with Crippen LogP contribution in [0.2, 0.25) is 0 Å². The van der Waals surface area contributed by atoms with Crippen LogP contribution in [0.1, 0.15) is 36.8 Å². The minimum Gasteiger partial charge on any atom is -0.295 e. The highest BCUT2D eigenvalue weighted by molar-refractivity contribution is 5.90. The van der Waals surface area contributed by atoms with E-state index in [9.17, 15) is 18.0 Å². The molecule has 2 rings (SSSR count). The average molecular weight is 268 g/mol. The average Bonchev–Trinajstić information content (AvgIpc) is 2.53. The van der Waals surface area contributed by atoms with E-state index >= 15 is 0 Å². The molecule has 0 heterocycles. The first kappa shape index (κ1) is 13.8. The van der Waals surface area contributed by atoms with E-state index in [1.165, 1.54) is 12.1 Å². The molecule has 1 aromatic rings. The van der Waals surface area contributed by atoms with E-state index in [0.29, 0.717) is 12.8 Å². The fourth-order valence-electron chi connectivity index (χ4n) is 2.24. The second kappa shape index (κ2) is 5.59. The summed E-state index contributed by atoms with van der Waals surface area (Å²) < 4.78 is 37.3. The number of benzene rings is 1. The van der Waals surface area contributed by atoms with Gasteiger partial charge in [-0.15, -0.1) is 0 Å². The number of allylic oxidation sites excluding steroid dienone is 2. The maximum absolute atomic E-state index is 12.4. The molecule has 0 saturated heterocycles. The minimum atomic E-state index is -4.30. The highest BCUT2D eigenvalue weighted by Crippen LogP contribution is 2.29. The first-order valence-electron chi connectivity index (χ1n) is 6.33. The lowest BCUT2D eigenvalue weighted by Gasteiger charge is -2.09. The molecule has 0 spiro atoms. The van der Waals surface area contributed by atoms with Gasteiger partial charge in [0, 0.05) is 6.42 Å². The largest absolute Gasteiger partial charge is 0.416 e. The number of alkyl halides is 3. The van der Waals surface area contributed by atoms with Gasteiger partial charge in [-0.25, -0.2) is 0 Å². The predicted octanol–water partition coefficient (Wildman–Crippen LogP) is 4.32. The number of rotatable bonds is 2. The zero-order chi connectivity index (χ0) is 13.9. The van der Waals surface area contributed by atoms with Crippen LogP contribution in [0.3, 0.4) is 0 Å². The van der Waals surface area contributed by atoms with Crippen LogP contribution in [0.25, 0.3) is 0 Å². The Morgan fingerprint density at radius 1 is 1.00 bits per heavy atom. The molecule has 0 fully saturated rings. The Bertz CT molecular complexity index is 483. The molecular weight excluding hydrogens is 253 g/mol. The van der Waals surface area contributed by atoms with Crippen molar-refractivity contribution < 1.29 is 18.0 Å². The standard InChI is InChI=1S/C15H15F3O/c16-15(17,18)13-7-5-11(6-8-13)9-12-3-1-2-4-14(19)10-12/h5-8,10H,1-4,9H2. The van der Waals surface area contributed by atoms with E-state index in [0.717, 1.165) is 42.5 Å². The summed E-state index contributed by atoms with van der Waals surface area (Å²) in [5, 5.41) is 0. The van der Waals surface area contributed by atoms with E-state index in [1.807, 2.05) is 0 Å². The Labute approximate surface area is 110 Å². The van der Waals surface area contributed by atoms with Gasteiger partial charge in [-0.05, 0) is 49.5 Å². The molecule has 0 N–H and O–H groups in total. The second-order valence-corrected chi connectivity index (χ2v) is 4.85. The van der Waals surface area contributed by atoms with Crippen LogP contribution in [-0.2, 0) is 17.4 Å². The number of halogens is 3. The Morgan fingerprint density at radius 3 is 2.26 bits per heavy atom. The Kier molecular flexibility index (Phi) is 4.08. The number of hydrogen-bond donors (Lipinski definition) is 0. The molecule has 1 aliphatic carbocycles. The van der Waals surface area contributed by atoms with Gasteiger partial charge in [0.15, 0.2) is 5.78 Å². The Balaban J connectivity index is 2.09. The molecule has 0 aromatic heterocycles. The van der Waals surface area contributed by atoms with Crippen molar-refractivity contribution in [2.24, 2.45) is 0 Å². The predicted molar refractivity (Wildman–Crippen MR) is 66.7 cm³/mol. The van der Waals surface area contributed by atoms with Crippen LogP contribution in [0, 0.1) is 0 Å². The summed E-state index contributed by atoms with van der Waals surface area (Å²) in [4.78, 5) is 11.4. The third kappa shape index (κ3) is 3.94. The lowest BCUT2D eigenvalue weighted by atomic mass is 10.00. The molecule has 19 heavy (non-hydrogen) atoms. The number of hydrogen-bond acceptors (Lipinski definition) is 1. The molecule has 0 saturated carbocycles. The van der Waals surface area contributed by atoms with Crippen LogP contribution in [0.5, 0.6) is 0 Å². The van der Waals surface area contributed by atoms with Crippen molar-refractivity contribution in [3.05, 3.63) is 47.0 Å². The summed E-state index contributed by atoms with van der Waals surface area (Å²) in [6.45, 7) is 0. The fraction of sp³-hybridized carbons (Fsp3) is 0.400. The molecule has 0 radical (unpaired) electrons. The number of ketones is 1. The summed E-state index contributed by atoms with van der Waals surface area (Å²) >= 11 is 0. The van der Waals surface area contributed by atoms with E-state index in [1.54, 1.807) is 6.08 Å². The lowest BCUT2D eigenvalue weighted by molar-refractivity contribution is -0.137. The third-order valence-corrected chi connectivity index (χ3v) is 3.25. The monoisotopic (exact) mass is 268 g/mol. The molecule has 0 atom stereocenters. The van der Waals surface area contributed by atoms with E-state index < -0.39 is 11.7 Å². The van der Waals surface area contributed by atoms with Crippen LogP contribution >= 0.6 is 0 Å². The summed E-state index contributed by atoms with van der Waals surface area (Å²) in [6, 6.07) is 5.15. The van der Waals surface area contributed by atoms with E-state index in [4.69, 9.17) is 0 Å². The van der Waals surface area contributed by atoms with Crippen LogP contribution in [0.4, 0.5) is 13.2 Å². The third-order valence-electron chi connectivity index (χ3n) is 3.25. The van der Waals surface area contributed by atoms with Crippen LogP contribution < -0.4 is 0 Å². The summed E-state index contributed by atoms with van der Waals surface area (Å²) in [7, 11) is 0. The first-order chi connectivity index (χ1) is 8.95. The van der Waals surface area contributed by atoms with Gasteiger partial charge in [0.05, 0.1) is 5.56 Å². The molecule has 4 heteroatoms. The van der Waals surface area contributed by atoms with Crippen molar-refractivity contribution in [1.82, 2.24) is 0 Å². The molecular formula is C15H15F3O. The molecule has 0 aliphatic heterocycles. The molecule has 0 bridgehead atoms. The lowest BCUT2D eigenvalue weighted by Crippen LogP contribution is -2.04.